The van der Waals surface area contributed by atoms with Gasteiger partial charge in [-0.15, -0.1) is 11.3 Å². The number of carbonyl (C=O) groups is 2. The summed E-state index contributed by atoms with van der Waals surface area (Å²) < 4.78 is 69.2. The molecule has 0 saturated carbocycles. The molecule has 180 valence electrons. The molecule has 12 heteroatoms. The molecule has 2 N–H and O–H groups in total. The maximum absolute atomic E-state index is 13.3. The molecule has 3 rings (SSSR count). The zero-order valence-electron chi connectivity index (χ0n) is 18.0. The number of halogens is 3. The van der Waals surface area contributed by atoms with E-state index in [0.29, 0.717) is 29.3 Å². The summed E-state index contributed by atoms with van der Waals surface area (Å²) in [5.74, 6) is -1.19. The summed E-state index contributed by atoms with van der Waals surface area (Å²) in [5, 5.41) is 5.43. The lowest BCUT2D eigenvalue weighted by molar-refractivity contribution is -0.139. The van der Waals surface area contributed by atoms with Gasteiger partial charge in [-0.2, -0.15) is 13.2 Å². The first-order chi connectivity index (χ1) is 15.4. The Morgan fingerprint density at radius 2 is 1.88 bits per heavy atom. The number of thiophene rings is 1. The van der Waals surface area contributed by atoms with Crippen LogP contribution in [-0.4, -0.2) is 39.7 Å². The zero-order chi connectivity index (χ0) is 24.4. The summed E-state index contributed by atoms with van der Waals surface area (Å²) in [4.78, 5) is 25.1. The van der Waals surface area contributed by atoms with E-state index in [1.807, 2.05) is 0 Å². The molecule has 0 radical (unpaired) electrons. The molecule has 7 nitrogen and oxygen atoms in total. The van der Waals surface area contributed by atoms with Crippen LogP contribution < -0.4 is 10.6 Å². The fourth-order valence-electron chi connectivity index (χ4n) is 3.72. The van der Waals surface area contributed by atoms with Gasteiger partial charge in [0.15, 0.2) is 9.84 Å². The van der Waals surface area contributed by atoms with Crippen molar-refractivity contribution in [3.05, 3.63) is 39.8 Å². The monoisotopic (exact) mass is 504 g/mol. The van der Waals surface area contributed by atoms with Crippen molar-refractivity contribution in [2.45, 2.75) is 43.7 Å². The van der Waals surface area contributed by atoms with E-state index in [1.165, 1.54) is 11.3 Å². The van der Waals surface area contributed by atoms with E-state index in [-0.39, 0.29) is 12.3 Å². The summed E-state index contributed by atoms with van der Waals surface area (Å²) in [5.41, 5.74) is -0.490. The van der Waals surface area contributed by atoms with Crippen molar-refractivity contribution in [1.82, 2.24) is 0 Å². The molecule has 1 aliphatic rings. The van der Waals surface area contributed by atoms with Gasteiger partial charge in [-0.3, -0.25) is 4.79 Å². The third-order valence-electron chi connectivity index (χ3n) is 5.03. The van der Waals surface area contributed by atoms with Crippen LogP contribution in [-0.2, 0) is 38.4 Å². The number of anilines is 2. The Labute approximate surface area is 193 Å². The van der Waals surface area contributed by atoms with E-state index in [0.717, 1.165) is 41.8 Å². The fourth-order valence-corrected chi connectivity index (χ4v) is 6.13. The highest BCUT2D eigenvalue weighted by Gasteiger charge is 2.37. The third kappa shape index (κ3) is 5.67. The predicted molar refractivity (Wildman–Crippen MR) is 119 cm³/mol. The lowest BCUT2D eigenvalue weighted by Crippen LogP contribution is -2.24. The molecule has 0 saturated heterocycles. The Morgan fingerprint density at radius 3 is 2.52 bits per heavy atom. The summed E-state index contributed by atoms with van der Waals surface area (Å²) in [6.07, 6.45) is -0.866. The van der Waals surface area contributed by atoms with Crippen molar-refractivity contribution in [2.75, 3.05) is 30.0 Å². The van der Waals surface area contributed by atoms with Gasteiger partial charge >= 0.3 is 12.1 Å². The molecule has 0 bridgehead atoms. The number of fused-ring (bicyclic) bond motifs is 1. The number of nitrogens with one attached hydrogen (secondary N) is 2. The van der Waals surface area contributed by atoms with Gasteiger partial charge in [0.25, 0.3) is 0 Å². The molecule has 1 aromatic heterocycles. The highest BCUT2D eigenvalue weighted by atomic mass is 32.2. The molecule has 1 amide bonds. The highest BCUT2D eigenvalue weighted by molar-refractivity contribution is 7.91. The topological polar surface area (TPSA) is 102 Å². The van der Waals surface area contributed by atoms with Gasteiger partial charge in [0.2, 0.25) is 5.91 Å². The van der Waals surface area contributed by atoms with Gasteiger partial charge in [-0.05, 0) is 50.3 Å². The quantitative estimate of drug-likeness (QED) is 0.546. The van der Waals surface area contributed by atoms with E-state index >= 15 is 0 Å². The Bertz CT molecular complexity index is 1170. The number of alkyl halides is 3. The molecule has 2 aromatic rings. The van der Waals surface area contributed by atoms with Crippen molar-refractivity contribution < 1.29 is 35.9 Å². The first kappa shape index (κ1) is 25.0. The van der Waals surface area contributed by atoms with E-state index < -0.39 is 44.9 Å². The fraction of sp³-hybridized carbons (Fsp3) is 0.429. The lowest BCUT2D eigenvalue weighted by Gasteiger charge is -2.16. The average molecular weight is 505 g/mol. The van der Waals surface area contributed by atoms with Gasteiger partial charge in [-0.1, -0.05) is 6.07 Å². The van der Waals surface area contributed by atoms with E-state index in [1.54, 1.807) is 6.92 Å². The van der Waals surface area contributed by atoms with E-state index in [9.17, 15) is 31.2 Å². The molecule has 1 heterocycles. The molecule has 0 spiro atoms. The molecule has 33 heavy (non-hydrogen) atoms. The third-order valence-corrected chi connectivity index (χ3v) is 7.42. The summed E-state index contributed by atoms with van der Waals surface area (Å²) in [7, 11) is -4.25. The first-order valence-electron chi connectivity index (χ1n) is 10.2. The number of aryl methyl sites for hydroxylation is 1. The number of benzene rings is 1. The number of esters is 1. The maximum atomic E-state index is 13.3. The van der Waals surface area contributed by atoms with Crippen molar-refractivity contribution in [3.63, 3.8) is 0 Å². The number of ether oxygens (including phenoxy) is 1. The SMILES string of the molecule is CCOC(=O)c1c(NC(=O)CNc2cccc(C(F)(F)F)c2S(C)(=O)=O)sc2c1CCCC2. The molecular formula is C21H23F3N2O5S2. The van der Waals surface area contributed by atoms with Gasteiger partial charge in [0, 0.05) is 11.1 Å². The highest BCUT2D eigenvalue weighted by Crippen LogP contribution is 2.39. The normalized spacial score (nSPS) is 13.8. The molecule has 0 atom stereocenters. The first-order valence-corrected chi connectivity index (χ1v) is 12.9. The minimum atomic E-state index is -4.89. The van der Waals surface area contributed by atoms with Crippen molar-refractivity contribution in [2.24, 2.45) is 0 Å². The van der Waals surface area contributed by atoms with Crippen molar-refractivity contribution in [3.8, 4) is 0 Å². The van der Waals surface area contributed by atoms with Gasteiger partial charge in [0.1, 0.15) is 9.90 Å². The number of sulfone groups is 1. The second-order valence-corrected chi connectivity index (χ2v) is 10.5. The summed E-state index contributed by atoms with van der Waals surface area (Å²) in [6, 6.07) is 2.89. The maximum Gasteiger partial charge on any atom is 0.417 e. The molecule has 1 aromatic carbocycles. The molecule has 0 fully saturated rings. The standard InChI is InChI=1S/C21H23F3N2O5S2/c1-3-31-20(28)17-12-7-4-5-10-15(12)32-19(17)26-16(27)11-25-14-9-6-8-13(21(22,23)24)18(14)33(2,29)30/h6,8-9,25H,3-5,7,10-11H2,1-2H3,(H,26,27). The Balaban J connectivity index is 1.84. The van der Waals surface area contributed by atoms with Crippen molar-refractivity contribution in [1.29, 1.82) is 0 Å². The van der Waals surface area contributed by atoms with Crippen molar-refractivity contribution >= 4 is 43.7 Å². The second-order valence-electron chi connectivity index (χ2n) is 7.49. The molecule has 1 aliphatic carbocycles. The lowest BCUT2D eigenvalue weighted by atomic mass is 9.95. The summed E-state index contributed by atoms with van der Waals surface area (Å²) >= 11 is 1.27. The van der Waals surface area contributed by atoms with Crippen LogP contribution in [0.2, 0.25) is 0 Å². The Hall–Kier alpha value is -2.60. The second kappa shape index (κ2) is 9.72. The van der Waals surface area contributed by atoms with Crippen LogP contribution in [0, 0.1) is 0 Å². The van der Waals surface area contributed by atoms with Gasteiger partial charge in [0.05, 0.1) is 30.0 Å². The van der Waals surface area contributed by atoms with Crippen LogP contribution in [0.4, 0.5) is 23.9 Å². The van der Waals surface area contributed by atoms with Crippen LogP contribution in [0.3, 0.4) is 0 Å². The number of amides is 1. The molecular weight excluding hydrogens is 481 g/mol. The van der Waals surface area contributed by atoms with E-state index in [2.05, 4.69) is 10.6 Å². The Kier molecular flexibility index (Phi) is 7.37. The van der Waals surface area contributed by atoms with Crippen LogP contribution in [0.5, 0.6) is 0 Å². The summed E-state index contributed by atoms with van der Waals surface area (Å²) in [6.45, 7) is 1.34. The molecule has 0 aliphatic heterocycles. The van der Waals surface area contributed by atoms with Crippen LogP contribution in [0.15, 0.2) is 23.1 Å². The average Bonchev–Trinajstić information content (AvgIpc) is 3.08. The van der Waals surface area contributed by atoms with Crippen LogP contribution in [0.1, 0.15) is 46.1 Å². The number of hydrogen-bond donors (Lipinski definition) is 2. The predicted octanol–water partition coefficient (Wildman–Crippen LogP) is 4.28. The smallest absolute Gasteiger partial charge is 0.417 e. The minimum Gasteiger partial charge on any atom is -0.462 e. The zero-order valence-corrected chi connectivity index (χ0v) is 19.6. The molecule has 0 unspecified atom stereocenters. The van der Waals surface area contributed by atoms with Gasteiger partial charge < -0.3 is 15.4 Å². The Morgan fingerprint density at radius 1 is 1.18 bits per heavy atom. The number of rotatable bonds is 7. The van der Waals surface area contributed by atoms with E-state index in [4.69, 9.17) is 4.74 Å². The van der Waals surface area contributed by atoms with Crippen LogP contribution in [0.25, 0.3) is 0 Å². The number of hydrogen-bond acceptors (Lipinski definition) is 7. The minimum absolute atomic E-state index is 0.169. The largest absolute Gasteiger partial charge is 0.462 e. The van der Waals surface area contributed by atoms with Crippen LogP contribution >= 0.6 is 11.3 Å². The number of carbonyl (C=O) groups excluding carboxylic acids is 2. The van der Waals surface area contributed by atoms with Gasteiger partial charge in [-0.25, -0.2) is 13.2 Å².